The molecule has 3 rings (SSSR count). The highest BCUT2D eigenvalue weighted by Crippen LogP contribution is 2.39. The summed E-state index contributed by atoms with van der Waals surface area (Å²) in [5.74, 6) is -2.54. The second kappa shape index (κ2) is 8.82. The minimum atomic E-state index is -1.01. The molecule has 0 saturated carbocycles. The first-order chi connectivity index (χ1) is 14.3. The van der Waals surface area contributed by atoms with Crippen molar-refractivity contribution in [2.45, 2.75) is 26.2 Å². The maximum Gasteiger partial charge on any atom is 0.341 e. The molecular weight excluding hydrogens is 412 g/mol. The van der Waals surface area contributed by atoms with Gasteiger partial charge in [0.15, 0.2) is 0 Å². The molecule has 1 aliphatic rings. The number of fused-ring (bicyclic) bond motifs is 1. The van der Waals surface area contributed by atoms with E-state index >= 15 is 0 Å². The zero-order chi connectivity index (χ0) is 21.8. The Kier molecular flexibility index (Phi) is 6.21. The van der Waals surface area contributed by atoms with Gasteiger partial charge in [-0.1, -0.05) is 0 Å². The Morgan fingerprint density at radius 2 is 1.87 bits per heavy atom. The van der Waals surface area contributed by atoms with E-state index < -0.39 is 22.7 Å². The van der Waals surface area contributed by atoms with E-state index in [0.717, 1.165) is 29.7 Å². The van der Waals surface area contributed by atoms with Crippen LogP contribution in [-0.4, -0.2) is 35.5 Å². The highest BCUT2D eigenvalue weighted by Gasteiger charge is 2.29. The highest BCUT2D eigenvalue weighted by atomic mass is 32.1. The maximum atomic E-state index is 12.3. The number of nitro benzene ring substituents is 1. The molecule has 1 aromatic heterocycles. The summed E-state index contributed by atoms with van der Waals surface area (Å²) in [5.41, 5.74) is 4.12. The van der Waals surface area contributed by atoms with Crippen molar-refractivity contribution in [3.63, 3.8) is 0 Å². The second-order valence-corrected chi connectivity index (χ2v) is 7.55. The number of amides is 2. The summed E-state index contributed by atoms with van der Waals surface area (Å²) in [6.07, 6.45) is 2.46. The number of nitro groups is 1. The topological polar surface area (TPSA) is 140 Å². The van der Waals surface area contributed by atoms with Crippen molar-refractivity contribution < 1.29 is 24.0 Å². The molecule has 2 aromatic rings. The molecule has 0 atom stereocenters. The minimum absolute atomic E-state index is 0.0702. The fraction of sp³-hybridized carbons (Fsp3) is 0.263. The molecule has 1 aromatic carbocycles. The Hall–Kier alpha value is -3.60. The number of esters is 1. The predicted octanol–water partition coefficient (Wildman–Crippen LogP) is 2.41. The molecule has 10 nitrogen and oxygen atoms in total. The zero-order valence-corrected chi connectivity index (χ0v) is 17.0. The van der Waals surface area contributed by atoms with Crippen LogP contribution in [0, 0.1) is 10.1 Å². The van der Waals surface area contributed by atoms with E-state index in [2.05, 4.69) is 15.8 Å². The van der Waals surface area contributed by atoms with Crippen LogP contribution in [0.15, 0.2) is 29.4 Å². The quantitative estimate of drug-likeness (QED) is 0.245. The summed E-state index contributed by atoms with van der Waals surface area (Å²) in [4.78, 5) is 47.7. The Bertz CT molecular complexity index is 1060. The van der Waals surface area contributed by atoms with Crippen LogP contribution < -0.4 is 10.7 Å². The van der Waals surface area contributed by atoms with Crippen LogP contribution in [0.2, 0.25) is 0 Å². The molecule has 1 aliphatic carbocycles. The number of hydrazone groups is 1. The van der Waals surface area contributed by atoms with Crippen LogP contribution in [0.3, 0.4) is 0 Å². The van der Waals surface area contributed by atoms with Crippen molar-refractivity contribution in [3.8, 4) is 0 Å². The van der Waals surface area contributed by atoms with E-state index in [0.29, 0.717) is 16.8 Å². The lowest BCUT2D eigenvalue weighted by Crippen LogP contribution is -2.33. The normalized spacial score (nSPS) is 12.8. The van der Waals surface area contributed by atoms with Gasteiger partial charge in [-0.25, -0.2) is 10.2 Å². The third-order valence-electron chi connectivity index (χ3n) is 4.57. The molecule has 0 saturated heterocycles. The predicted molar refractivity (Wildman–Crippen MR) is 110 cm³/mol. The Morgan fingerprint density at radius 3 is 2.50 bits per heavy atom. The minimum Gasteiger partial charge on any atom is -0.465 e. The number of rotatable bonds is 5. The van der Waals surface area contributed by atoms with Gasteiger partial charge in [-0.05, 0) is 49.4 Å². The SMILES string of the molecule is COC(=O)c1c(NC(=O)C(=O)N/N=C(\C)c2ccc([N+](=O)[O-])cc2)sc2c1CCC2. The van der Waals surface area contributed by atoms with E-state index in [-0.39, 0.29) is 10.7 Å². The number of aryl methyl sites for hydroxylation is 1. The van der Waals surface area contributed by atoms with Crippen molar-refractivity contribution in [2.75, 3.05) is 12.4 Å². The molecular formula is C19H18N4O6S. The molecule has 1 heterocycles. The number of non-ortho nitro benzene ring substituents is 1. The van der Waals surface area contributed by atoms with Gasteiger partial charge in [0, 0.05) is 17.0 Å². The lowest BCUT2D eigenvalue weighted by atomic mass is 10.1. The summed E-state index contributed by atoms with van der Waals surface area (Å²) < 4.78 is 4.81. The number of hydrogen-bond acceptors (Lipinski definition) is 8. The summed E-state index contributed by atoms with van der Waals surface area (Å²) >= 11 is 1.26. The van der Waals surface area contributed by atoms with Crippen molar-refractivity contribution in [3.05, 3.63) is 55.9 Å². The molecule has 0 bridgehead atoms. The molecule has 0 unspecified atom stereocenters. The Morgan fingerprint density at radius 1 is 1.17 bits per heavy atom. The maximum absolute atomic E-state index is 12.3. The summed E-state index contributed by atoms with van der Waals surface area (Å²) in [6, 6.07) is 5.60. The summed E-state index contributed by atoms with van der Waals surface area (Å²) in [7, 11) is 1.26. The number of thiophene rings is 1. The van der Waals surface area contributed by atoms with Gasteiger partial charge < -0.3 is 10.1 Å². The van der Waals surface area contributed by atoms with Crippen molar-refractivity contribution in [1.29, 1.82) is 0 Å². The van der Waals surface area contributed by atoms with Crippen LogP contribution >= 0.6 is 11.3 Å². The summed E-state index contributed by atoms with van der Waals surface area (Å²) in [6.45, 7) is 1.58. The summed E-state index contributed by atoms with van der Waals surface area (Å²) in [5, 5.41) is 17.3. The van der Waals surface area contributed by atoms with Gasteiger partial charge in [-0.3, -0.25) is 19.7 Å². The number of methoxy groups -OCH3 is 1. The first-order valence-electron chi connectivity index (χ1n) is 8.95. The molecule has 0 spiro atoms. The fourth-order valence-electron chi connectivity index (χ4n) is 3.04. The van der Waals surface area contributed by atoms with Gasteiger partial charge in [-0.15, -0.1) is 11.3 Å². The lowest BCUT2D eigenvalue weighted by molar-refractivity contribution is -0.384. The van der Waals surface area contributed by atoms with Gasteiger partial charge >= 0.3 is 17.8 Å². The average Bonchev–Trinajstić information content (AvgIpc) is 3.31. The number of anilines is 1. The van der Waals surface area contributed by atoms with Gasteiger partial charge in [0.2, 0.25) is 0 Å². The zero-order valence-electron chi connectivity index (χ0n) is 16.2. The molecule has 0 fully saturated rings. The third kappa shape index (κ3) is 4.35. The van der Waals surface area contributed by atoms with Crippen LogP contribution in [0.25, 0.3) is 0 Å². The molecule has 0 aliphatic heterocycles. The monoisotopic (exact) mass is 430 g/mol. The van der Waals surface area contributed by atoms with E-state index in [1.54, 1.807) is 6.92 Å². The van der Waals surface area contributed by atoms with Crippen molar-refractivity contribution >= 4 is 45.5 Å². The number of carbonyl (C=O) groups excluding carboxylic acids is 3. The molecule has 2 amide bonds. The number of carbonyl (C=O) groups is 3. The molecule has 30 heavy (non-hydrogen) atoms. The molecule has 0 radical (unpaired) electrons. The number of benzene rings is 1. The smallest absolute Gasteiger partial charge is 0.341 e. The van der Waals surface area contributed by atoms with E-state index in [4.69, 9.17) is 4.74 Å². The van der Waals surface area contributed by atoms with Crippen LogP contribution in [0.1, 0.15) is 39.7 Å². The lowest BCUT2D eigenvalue weighted by Gasteiger charge is -2.06. The van der Waals surface area contributed by atoms with Gasteiger partial charge in [0.1, 0.15) is 5.00 Å². The van der Waals surface area contributed by atoms with Gasteiger partial charge in [0.25, 0.3) is 5.69 Å². The van der Waals surface area contributed by atoms with E-state index in [1.807, 2.05) is 0 Å². The standard InChI is InChI=1S/C19H18N4O6S/c1-10(11-6-8-12(9-7-11)23(27)28)21-22-17(25)16(24)20-18-15(19(26)29-2)13-4-3-5-14(13)30-18/h6-9H,3-5H2,1-2H3,(H,20,24)(H,22,25)/b21-10+. The average molecular weight is 430 g/mol. The largest absolute Gasteiger partial charge is 0.465 e. The number of nitrogens with zero attached hydrogens (tertiary/aromatic N) is 2. The Balaban J connectivity index is 1.68. The van der Waals surface area contributed by atoms with Gasteiger partial charge in [-0.2, -0.15) is 5.10 Å². The Labute approximate surface area is 175 Å². The van der Waals surface area contributed by atoms with Crippen LogP contribution in [0.4, 0.5) is 10.7 Å². The number of hydrogen-bond donors (Lipinski definition) is 2. The molecule has 156 valence electrons. The van der Waals surface area contributed by atoms with Crippen molar-refractivity contribution in [2.24, 2.45) is 5.10 Å². The van der Waals surface area contributed by atoms with Gasteiger partial charge in [0.05, 0.1) is 23.3 Å². The first kappa shape index (κ1) is 21.1. The second-order valence-electron chi connectivity index (χ2n) is 6.45. The van der Waals surface area contributed by atoms with E-state index in [1.165, 1.54) is 42.7 Å². The van der Waals surface area contributed by atoms with Crippen LogP contribution in [0.5, 0.6) is 0 Å². The van der Waals surface area contributed by atoms with Crippen LogP contribution in [-0.2, 0) is 27.2 Å². The molecule has 11 heteroatoms. The van der Waals surface area contributed by atoms with Crippen molar-refractivity contribution in [1.82, 2.24) is 5.43 Å². The third-order valence-corrected chi connectivity index (χ3v) is 5.77. The number of ether oxygens (including phenoxy) is 1. The first-order valence-corrected chi connectivity index (χ1v) is 9.76. The highest BCUT2D eigenvalue weighted by molar-refractivity contribution is 7.17. The number of nitrogens with one attached hydrogen (secondary N) is 2. The van der Waals surface area contributed by atoms with E-state index in [9.17, 15) is 24.5 Å². The fourth-order valence-corrected chi connectivity index (χ4v) is 4.32. The molecule has 2 N–H and O–H groups in total.